The first-order chi connectivity index (χ1) is 9.83. The summed E-state index contributed by atoms with van der Waals surface area (Å²) in [6.07, 6.45) is 0. The molecule has 0 saturated carbocycles. The van der Waals surface area contributed by atoms with E-state index in [-0.39, 0.29) is 12.3 Å². The van der Waals surface area contributed by atoms with E-state index < -0.39 is 0 Å². The summed E-state index contributed by atoms with van der Waals surface area (Å²) in [5.74, 6) is 1.36. The third-order valence-electron chi connectivity index (χ3n) is 3.09. The maximum atomic E-state index is 12.1. The van der Waals surface area contributed by atoms with Gasteiger partial charge in [-0.3, -0.25) is 4.79 Å². The van der Waals surface area contributed by atoms with Gasteiger partial charge in [-0.15, -0.1) is 0 Å². The van der Waals surface area contributed by atoms with Gasteiger partial charge in [0.2, 0.25) is 0 Å². The zero-order valence-electron chi connectivity index (χ0n) is 11.0. The second-order valence-electron chi connectivity index (χ2n) is 4.50. The predicted molar refractivity (Wildman–Crippen MR) is 76.7 cm³/mol. The molecule has 1 N–H and O–H groups in total. The highest BCUT2D eigenvalue weighted by Gasteiger charge is 2.14. The highest BCUT2D eigenvalue weighted by Crippen LogP contribution is 2.30. The van der Waals surface area contributed by atoms with Crippen LogP contribution in [0.4, 0.5) is 5.69 Å². The summed E-state index contributed by atoms with van der Waals surface area (Å²) in [7, 11) is 0. The van der Waals surface area contributed by atoms with Crippen molar-refractivity contribution in [2.75, 3.05) is 25.1 Å². The number of ether oxygens (including phenoxy) is 2. The number of Topliss-reactive ketones (excluding diaryl/α,β-unsaturated/α-hetero) is 1. The van der Waals surface area contributed by atoms with Crippen molar-refractivity contribution in [1.29, 1.82) is 0 Å². The molecule has 0 atom stereocenters. The molecule has 1 aliphatic heterocycles. The fourth-order valence-electron chi connectivity index (χ4n) is 2.06. The van der Waals surface area contributed by atoms with Gasteiger partial charge in [0.25, 0.3) is 0 Å². The van der Waals surface area contributed by atoms with Crippen LogP contribution in [-0.4, -0.2) is 25.5 Å². The average molecular weight is 269 g/mol. The molecule has 1 heterocycles. The number of para-hydroxylation sites is 1. The molecule has 2 aromatic carbocycles. The second kappa shape index (κ2) is 5.65. The van der Waals surface area contributed by atoms with Crippen molar-refractivity contribution in [2.24, 2.45) is 0 Å². The molecule has 0 bridgehead atoms. The molecule has 3 rings (SSSR count). The summed E-state index contributed by atoms with van der Waals surface area (Å²) in [6, 6.07) is 14.9. The maximum Gasteiger partial charge on any atom is 0.181 e. The number of benzene rings is 2. The first-order valence-corrected chi connectivity index (χ1v) is 6.55. The van der Waals surface area contributed by atoms with Crippen molar-refractivity contribution in [3.8, 4) is 11.5 Å². The highest BCUT2D eigenvalue weighted by molar-refractivity contribution is 5.99. The van der Waals surface area contributed by atoms with Gasteiger partial charge in [0, 0.05) is 11.3 Å². The molecule has 0 aromatic heterocycles. The Morgan fingerprint density at radius 3 is 2.55 bits per heavy atom. The van der Waals surface area contributed by atoms with E-state index in [1.54, 1.807) is 18.2 Å². The molecule has 20 heavy (non-hydrogen) atoms. The summed E-state index contributed by atoms with van der Waals surface area (Å²) >= 11 is 0. The topological polar surface area (TPSA) is 47.6 Å². The van der Waals surface area contributed by atoms with Crippen LogP contribution in [0.2, 0.25) is 0 Å². The number of hydrogen-bond donors (Lipinski definition) is 1. The monoisotopic (exact) mass is 269 g/mol. The smallest absolute Gasteiger partial charge is 0.181 e. The van der Waals surface area contributed by atoms with Gasteiger partial charge in [0.1, 0.15) is 13.2 Å². The molecule has 0 amide bonds. The molecule has 2 aromatic rings. The van der Waals surface area contributed by atoms with E-state index in [9.17, 15) is 4.79 Å². The lowest BCUT2D eigenvalue weighted by Gasteiger charge is -2.18. The van der Waals surface area contributed by atoms with E-state index >= 15 is 0 Å². The summed E-state index contributed by atoms with van der Waals surface area (Å²) in [4.78, 5) is 12.1. The number of carbonyl (C=O) groups excluding carboxylic acids is 1. The van der Waals surface area contributed by atoms with Crippen LogP contribution < -0.4 is 14.8 Å². The van der Waals surface area contributed by atoms with E-state index in [2.05, 4.69) is 5.32 Å². The van der Waals surface area contributed by atoms with Crippen molar-refractivity contribution in [3.05, 3.63) is 54.1 Å². The highest BCUT2D eigenvalue weighted by atomic mass is 16.6. The van der Waals surface area contributed by atoms with Gasteiger partial charge in [0.05, 0.1) is 6.54 Å². The Balaban J connectivity index is 1.68. The second-order valence-corrected chi connectivity index (χ2v) is 4.50. The Morgan fingerprint density at radius 1 is 1.00 bits per heavy atom. The van der Waals surface area contributed by atoms with Crippen molar-refractivity contribution in [2.45, 2.75) is 0 Å². The van der Waals surface area contributed by atoms with Gasteiger partial charge in [0.15, 0.2) is 17.3 Å². The van der Waals surface area contributed by atoms with E-state index in [1.165, 1.54) is 0 Å². The first-order valence-electron chi connectivity index (χ1n) is 6.55. The van der Waals surface area contributed by atoms with Crippen LogP contribution in [0.25, 0.3) is 0 Å². The van der Waals surface area contributed by atoms with Gasteiger partial charge >= 0.3 is 0 Å². The summed E-state index contributed by atoms with van der Waals surface area (Å²) < 4.78 is 10.9. The van der Waals surface area contributed by atoms with Gasteiger partial charge in [-0.2, -0.15) is 0 Å². The third kappa shape index (κ3) is 2.74. The number of hydrogen-bond acceptors (Lipinski definition) is 4. The zero-order valence-corrected chi connectivity index (χ0v) is 11.0. The molecule has 0 unspecified atom stereocenters. The van der Waals surface area contributed by atoms with Crippen molar-refractivity contribution >= 4 is 11.5 Å². The first kappa shape index (κ1) is 12.5. The number of carbonyl (C=O) groups is 1. The number of anilines is 1. The SMILES string of the molecule is O=C(CNc1ccccc1)c1ccc2c(c1)OCCO2. The van der Waals surface area contributed by atoms with Crippen LogP contribution in [0.1, 0.15) is 10.4 Å². The van der Waals surface area contributed by atoms with Crippen molar-refractivity contribution in [1.82, 2.24) is 0 Å². The normalized spacial score (nSPS) is 12.8. The summed E-state index contributed by atoms with van der Waals surface area (Å²) in [5.41, 5.74) is 1.55. The minimum Gasteiger partial charge on any atom is -0.486 e. The van der Waals surface area contributed by atoms with E-state index in [0.717, 1.165) is 5.69 Å². The van der Waals surface area contributed by atoms with E-state index in [4.69, 9.17) is 9.47 Å². The van der Waals surface area contributed by atoms with E-state index in [0.29, 0.717) is 30.3 Å². The number of rotatable bonds is 4. The van der Waals surface area contributed by atoms with Crippen LogP contribution in [0.15, 0.2) is 48.5 Å². The van der Waals surface area contributed by atoms with Crippen molar-refractivity contribution in [3.63, 3.8) is 0 Å². The quantitative estimate of drug-likeness (QED) is 0.867. The Kier molecular flexibility index (Phi) is 3.54. The molecule has 1 aliphatic rings. The van der Waals surface area contributed by atoms with Gasteiger partial charge in [-0.05, 0) is 30.3 Å². The van der Waals surface area contributed by atoms with Gasteiger partial charge < -0.3 is 14.8 Å². The fourth-order valence-corrected chi connectivity index (χ4v) is 2.06. The molecular weight excluding hydrogens is 254 g/mol. The summed E-state index contributed by atoms with van der Waals surface area (Å²) in [6.45, 7) is 1.33. The minimum atomic E-state index is 0.0193. The zero-order chi connectivity index (χ0) is 13.8. The lowest BCUT2D eigenvalue weighted by molar-refractivity contribution is 0.100. The fraction of sp³-hybridized carbons (Fsp3) is 0.188. The summed E-state index contributed by atoms with van der Waals surface area (Å²) in [5, 5.41) is 3.10. The number of fused-ring (bicyclic) bond motifs is 1. The van der Waals surface area contributed by atoms with Crippen LogP contribution in [0.3, 0.4) is 0 Å². The van der Waals surface area contributed by atoms with Crippen LogP contribution >= 0.6 is 0 Å². The molecule has 4 heteroatoms. The Bertz CT molecular complexity index is 610. The largest absolute Gasteiger partial charge is 0.486 e. The van der Waals surface area contributed by atoms with Crippen molar-refractivity contribution < 1.29 is 14.3 Å². The Morgan fingerprint density at radius 2 is 1.75 bits per heavy atom. The molecule has 0 spiro atoms. The van der Waals surface area contributed by atoms with Gasteiger partial charge in [-0.1, -0.05) is 18.2 Å². The Hall–Kier alpha value is -2.49. The molecule has 4 nitrogen and oxygen atoms in total. The van der Waals surface area contributed by atoms with Crippen LogP contribution in [0, 0.1) is 0 Å². The molecular formula is C16H15NO3. The Labute approximate surface area is 117 Å². The molecule has 0 saturated heterocycles. The third-order valence-corrected chi connectivity index (χ3v) is 3.09. The molecule has 102 valence electrons. The van der Waals surface area contributed by atoms with Crippen LogP contribution in [-0.2, 0) is 0 Å². The standard InChI is InChI=1S/C16H15NO3/c18-14(11-17-13-4-2-1-3-5-13)12-6-7-15-16(10-12)20-9-8-19-15/h1-7,10,17H,8-9,11H2. The number of ketones is 1. The predicted octanol–water partition coefficient (Wildman–Crippen LogP) is 2.75. The lowest BCUT2D eigenvalue weighted by Crippen LogP contribution is -2.17. The average Bonchev–Trinajstić information content (AvgIpc) is 2.53. The molecule has 0 radical (unpaired) electrons. The molecule has 0 fully saturated rings. The molecule has 0 aliphatic carbocycles. The number of nitrogens with one attached hydrogen (secondary N) is 1. The lowest BCUT2D eigenvalue weighted by atomic mass is 10.1. The van der Waals surface area contributed by atoms with Gasteiger partial charge in [-0.25, -0.2) is 0 Å². The maximum absolute atomic E-state index is 12.1. The van der Waals surface area contributed by atoms with E-state index in [1.807, 2.05) is 30.3 Å². The van der Waals surface area contributed by atoms with Crippen LogP contribution in [0.5, 0.6) is 11.5 Å². The minimum absolute atomic E-state index is 0.0193.